The maximum Gasteiger partial charge on any atom is 0.274 e. The summed E-state index contributed by atoms with van der Waals surface area (Å²) in [5, 5.41) is 14.2. The zero-order valence-corrected chi connectivity index (χ0v) is 12.3. The Hall–Kier alpha value is -1.53. The smallest absolute Gasteiger partial charge is 0.274 e. The standard InChI is InChI=1S/C15H22FN3O2/c1-17-7-4-12-5-8-18(9-6-12)11-13-10-14(16)2-3-15(13)19(20)21/h2-3,10,12,17H,4-9,11H2,1H3. The van der Waals surface area contributed by atoms with Gasteiger partial charge in [0.1, 0.15) is 5.82 Å². The lowest BCUT2D eigenvalue weighted by molar-refractivity contribution is -0.385. The Bertz CT molecular complexity index is 488. The quantitative estimate of drug-likeness (QED) is 0.647. The molecule has 1 aromatic carbocycles. The molecule has 1 aliphatic heterocycles. The summed E-state index contributed by atoms with van der Waals surface area (Å²) in [5.74, 6) is 0.302. The summed E-state index contributed by atoms with van der Waals surface area (Å²) in [6.07, 6.45) is 3.38. The van der Waals surface area contributed by atoms with Crippen LogP contribution in [0.1, 0.15) is 24.8 Å². The first-order valence-electron chi connectivity index (χ1n) is 7.40. The SMILES string of the molecule is CNCCC1CCN(Cc2cc(F)ccc2[N+](=O)[O-])CC1. The minimum Gasteiger partial charge on any atom is -0.320 e. The molecular formula is C15H22FN3O2. The average Bonchev–Trinajstić information content (AvgIpc) is 2.46. The fourth-order valence-corrected chi connectivity index (χ4v) is 2.88. The minimum atomic E-state index is -0.436. The summed E-state index contributed by atoms with van der Waals surface area (Å²) in [4.78, 5) is 12.7. The Balaban J connectivity index is 1.94. The van der Waals surface area contributed by atoms with Crippen molar-refractivity contribution in [3.05, 3.63) is 39.7 Å². The highest BCUT2D eigenvalue weighted by Crippen LogP contribution is 2.25. The zero-order valence-electron chi connectivity index (χ0n) is 12.3. The molecule has 1 saturated heterocycles. The van der Waals surface area contributed by atoms with Gasteiger partial charge >= 0.3 is 0 Å². The monoisotopic (exact) mass is 295 g/mol. The molecule has 6 heteroatoms. The van der Waals surface area contributed by atoms with Crippen molar-refractivity contribution >= 4 is 5.69 Å². The van der Waals surface area contributed by atoms with E-state index in [1.165, 1.54) is 18.6 Å². The number of nitro benzene ring substituents is 1. The Labute approximate surface area is 124 Å². The molecule has 5 nitrogen and oxygen atoms in total. The van der Waals surface area contributed by atoms with Crippen molar-refractivity contribution in [2.45, 2.75) is 25.8 Å². The largest absolute Gasteiger partial charge is 0.320 e. The van der Waals surface area contributed by atoms with Gasteiger partial charge in [0.2, 0.25) is 0 Å². The van der Waals surface area contributed by atoms with Gasteiger partial charge in [-0.05, 0) is 64.0 Å². The molecule has 0 spiro atoms. The molecule has 1 N–H and O–H groups in total. The van der Waals surface area contributed by atoms with E-state index in [1.54, 1.807) is 0 Å². The first-order chi connectivity index (χ1) is 10.1. The van der Waals surface area contributed by atoms with E-state index in [9.17, 15) is 14.5 Å². The van der Waals surface area contributed by atoms with E-state index in [4.69, 9.17) is 0 Å². The molecule has 0 bridgehead atoms. The van der Waals surface area contributed by atoms with Crippen molar-refractivity contribution in [1.29, 1.82) is 0 Å². The molecule has 2 rings (SSSR count). The molecule has 0 atom stereocenters. The number of piperidine rings is 1. The van der Waals surface area contributed by atoms with E-state index in [0.717, 1.165) is 44.5 Å². The van der Waals surface area contributed by atoms with Gasteiger partial charge in [-0.2, -0.15) is 0 Å². The van der Waals surface area contributed by atoms with E-state index in [1.807, 2.05) is 7.05 Å². The van der Waals surface area contributed by atoms with Gasteiger partial charge in [-0.25, -0.2) is 4.39 Å². The predicted molar refractivity (Wildman–Crippen MR) is 79.6 cm³/mol. The van der Waals surface area contributed by atoms with Crippen LogP contribution in [0.4, 0.5) is 10.1 Å². The molecule has 1 heterocycles. The van der Waals surface area contributed by atoms with Crippen molar-refractivity contribution in [2.24, 2.45) is 5.92 Å². The van der Waals surface area contributed by atoms with Crippen LogP contribution in [-0.4, -0.2) is 36.5 Å². The predicted octanol–water partition coefficient (Wildman–Crippen LogP) is 2.56. The first kappa shape index (κ1) is 15.9. The molecule has 0 amide bonds. The van der Waals surface area contributed by atoms with Gasteiger partial charge in [0.15, 0.2) is 0 Å². The summed E-state index contributed by atoms with van der Waals surface area (Å²) in [7, 11) is 1.96. The highest BCUT2D eigenvalue weighted by Gasteiger charge is 2.22. The van der Waals surface area contributed by atoms with E-state index in [2.05, 4.69) is 10.2 Å². The van der Waals surface area contributed by atoms with Gasteiger partial charge in [0, 0.05) is 18.2 Å². The lowest BCUT2D eigenvalue weighted by Gasteiger charge is -2.31. The fraction of sp³-hybridized carbons (Fsp3) is 0.600. The Morgan fingerprint density at radius 1 is 1.43 bits per heavy atom. The van der Waals surface area contributed by atoms with Crippen LogP contribution < -0.4 is 5.32 Å². The average molecular weight is 295 g/mol. The summed E-state index contributed by atoms with van der Waals surface area (Å²) >= 11 is 0. The van der Waals surface area contributed by atoms with Crippen LogP contribution >= 0.6 is 0 Å². The molecule has 116 valence electrons. The van der Waals surface area contributed by atoms with E-state index >= 15 is 0 Å². The van der Waals surface area contributed by atoms with E-state index < -0.39 is 10.7 Å². The third-order valence-corrected chi connectivity index (χ3v) is 4.14. The van der Waals surface area contributed by atoms with Gasteiger partial charge in [0.05, 0.1) is 4.92 Å². The summed E-state index contributed by atoms with van der Waals surface area (Å²) in [6, 6.07) is 3.68. The maximum absolute atomic E-state index is 13.3. The number of rotatable bonds is 6. The van der Waals surface area contributed by atoms with Gasteiger partial charge in [-0.1, -0.05) is 0 Å². The fourth-order valence-electron chi connectivity index (χ4n) is 2.88. The van der Waals surface area contributed by atoms with Crippen molar-refractivity contribution in [3.8, 4) is 0 Å². The highest BCUT2D eigenvalue weighted by molar-refractivity contribution is 5.40. The van der Waals surface area contributed by atoms with Gasteiger partial charge in [-0.3, -0.25) is 15.0 Å². The molecule has 0 unspecified atom stereocenters. The normalized spacial score (nSPS) is 17.0. The number of nitrogens with one attached hydrogen (secondary N) is 1. The Morgan fingerprint density at radius 3 is 2.76 bits per heavy atom. The van der Waals surface area contributed by atoms with Crippen LogP contribution in [0.2, 0.25) is 0 Å². The maximum atomic E-state index is 13.3. The van der Waals surface area contributed by atoms with E-state index in [0.29, 0.717) is 12.1 Å². The Kier molecular flexibility index (Phi) is 5.64. The van der Waals surface area contributed by atoms with Gasteiger partial charge in [0.25, 0.3) is 5.69 Å². The number of likely N-dealkylation sites (tertiary alicyclic amines) is 1. The second-order valence-corrected chi connectivity index (χ2v) is 5.64. The van der Waals surface area contributed by atoms with Crippen molar-refractivity contribution in [1.82, 2.24) is 10.2 Å². The molecule has 0 aromatic heterocycles. The number of hydrogen-bond acceptors (Lipinski definition) is 4. The number of nitro groups is 1. The van der Waals surface area contributed by atoms with Crippen LogP contribution in [-0.2, 0) is 6.54 Å². The van der Waals surface area contributed by atoms with Crippen LogP contribution in [0.15, 0.2) is 18.2 Å². The molecule has 1 aromatic rings. The molecule has 1 aliphatic rings. The molecule has 21 heavy (non-hydrogen) atoms. The van der Waals surface area contributed by atoms with Gasteiger partial charge < -0.3 is 5.32 Å². The van der Waals surface area contributed by atoms with Crippen LogP contribution in [0.25, 0.3) is 0 Å². The zero-order chi connectivity index (χ0) is 15.2. The lowest BCUT2D eigenvalue weighted by atomic mass is 9.93. The number of nitrogens with zero attached hydrogens (tertiary/aromatic N) is 2. The second-order valence-electron chi connectivity index (χ2n) is 5.64. The van der Waals surface area contributed by atoms with Crippen LogP contribution in [0, 0.1) is 21.8 Å². The molecule has 0 aliphatic carbocycles. The summed E-state index contributed by atoms with van der Waals surface area (Å²) < 4.78 is 13.3. The third-order valence-electron chi connectivity index (χ3n) is 4.14. The van der Waals surface area contributed by atoms with Crippen molar-refractivity contribution in [2.75, 3.05) is 26.7 Å². The van der Waals surface area contributed by atoms with E-state index in [-0.39, 0.29) is 5.69 Å². The van der Waals surface area contributed by atoms with Gasteiger partial charge in [-0.15, -0.1) is 0 Å². The lowest BCUT2D eigenvalue weighted by Crippen LogP contribution is -2.34. The molecule has 0 saturated carbocycles. The minimum absolute atomic E-state index is 0.00806. The molecule has 1 fully saturated rings. The highest BCUT2D eigenvalue weighted by atomic mass is 19.1. The summed E-state index contributed by atoms with van der Waals surface area (Å²) in [6.45, 7) is 3.32. The topological polar surface area (TPSA) is 58.4 Å². The Morgan fingerprint density at radius 2 is 2.14 bits per heavy atom. The van der Waals surface area contributed by atoms with Crippen molar-refractivity contribution < 1.29 is 9.31 Å². The summed E-state index contributed by atoms with van der Waals surface area (Å²) in [5.41, 5.74) is 0.474. The first-order valence-corrected chi connectivity index (χ1v) is 7.40. The van der Waals surface area contributed by atoms with Crippen LogP contribution in [0.3, 0.4) is 0 Å². The number of hydrogen-bond donors (Lipinski definition) is 1. The second kappa shape index (κ2) is 7.47. The number of benzene rings is 1. The third kappa shape index (κ3) is 4.47. The molecule has 0 radical (unpaired) electrons. The number of halogens is 1. The van der Waals surface area contributed by atoms with Crippen LogP contribution in [0.5, 0.6) is 0 Å². The van der Waals surface area contributed by atoms with Crippen molar-refractivity contribution in [3.63, 3.8) is 0 Å². The molecular weight excluding hydrogens is 273 g/mol.